The summed E-state index contributed by atoms with van der Waals surface area (Å²) in [5.41, 5.74) is 2.48. The third kappa shape index (κ3) is 3.79. The number of piperidine rings is 1. The molecule has 0 aliphatic carbocycles. The Morgan fingerprint density at radius 2 is 1.62 bits per heavy atom. The summed E-state index contributed by atoms with van der Waals surface area (Å²) in [4.78, 5) is 30.4. The van der Waals surface area contributed by atoms with Crippen LogP contribution in [0.1, 0.15) is 39.1 Å². The number of carbonyl (C=O) groups excluding carboxylic acids is 2. The number of nitrogens with zero attached hydrogens (tertiary/aromatic N) is 2. The summed E-state index contributed by atoms with van der Waals surface area (Å²) in [7, 11) is 0. The molecule has 5 nitrogen and oxygen atoms in total. The van der Waals surface area contributed by atoms with E-state index in [-0.39, 0.29) is 17.9 Å². The molecule has 0 bridgehead atoms. The van der Waals surface area contributed by atoms with Crippen LogP contribution in [0.2, 0.25) is 0 Å². The maximum absolute atomic E-state index is 12.5. The first-order valence-corrected chi connectivity index (χ1v) is 8.20. The van der Waals surface area contributed by atoms with Crippen molar-refractivity contribution in [1.82, 2.24) is 15.2 Å². The summed E-state index contributed by atoms with van der Waals surface area (Å²) in [5, 5.41) is 3.04. The highest BCUT2D eigenvalue weighted by molar-refractivity contribution is 5.95. The fourth-order valence-electron chi connectivity index (χ4n) is 2.88. The first kappa shape index (κ1) is 16.2. The van der Waals surface area contributed by atoms with E-state index in [2.05, 4.69) is 10.3 Å². The van der Waals surface area contributed by atoms with Crippen molar-refractivity contribution >= 4 is 11.8 Å². The van der Waals surface area contributed by atoms with Crippen LogP contribution in [-0.4, -0.2) is 40.8 Å². The van der Waals surface area contributed by atoms with Gasteiger partial charge in [-0.15, -0.1) is 0 Å². The average Bonchev–Trinajstić information content (AvgIpc) is 2.63. The summed E-state index contributed by atoms with van der Waals surface area (Å²) in [5.74, 6) is -0.0189. The van der Waals surface area contributed by atoms with Gasteiger partial charge in [0.25, 0.3) is 11.8 Å². The van der Waals surface area contributed by atoms with Crippen molar-refractivity contribution in [1.29, 1.82) is 0 Å². The normalized spacial score (nSPS) is 15.1. The van der Waals surface area contributed by atoms with Crippen molar-refractivity contribution in [2.45, 2.75) is 25.8 Å². The molecule has 0 saturated carbocycles. The van der Waals surface area contributed by atoms with E-state index in [0.29, 0.717) is 18.7 Å². The minimum absolute atomic E-state index is 0.0638. The van der Waals surface area contributed by atoms with E-state index in [4.69, 9.17) is 0 Å². The van der Waals surface area contributed by atoms with Gasteiger partial charge in [0.15, 0.2) is 0 Å². The molecular formula is C19H21N3O2. The highest BCUT2D eigenvalue weighted by Crippen LogP contribution is 2.15. The third-order valence-electron chi connectivity index (χ3n) is 4.36. The molecular weight excluding hydrogens is 302 g/mol. The summed E-state index contributed by atoms with van der Waals surface area (Å²) >= 11 is 0. The summed E-state index contributed by atoms with van der Waals surface area (Å²) in [6.45, 7) is 3.33. The highest BCUT2D eigenvalue weighted by atomic mass is 16.2. The molecule has 24 heavy (non-hydrogen) atoms. The Balaban J connectivity index is 1.53. The summed E-state index contributed by atoms with van der Waals surface area (Å²) < 4.78 is 0. The largest absolute Gasteiger partial charge is 0.349 e. The molecule has 2 amide bonds. The number of hydrogen-bond acceptors (Lipinski definition) is 3. The maximum Gasteiger partial charge on any atom is 0.253 e. The zero-order chi connectivity index (χ0) is 16.9. The number of hydrogen-bond donors (Lipinski definition) is 1. The van der Waals surface area contributed by atoms with Crippen LogP contribution in [0.25, 0.3) is 0 Å². The molecule has 0 atom stereocenters. The molecule has 1 aliphatic heterocycles. The number of pyridine rings is 1. The van der Waals surface area contributed by atoms with Crippen molar-refractivity contribution in [2.75, 3.05) is 13.1 Å². The lowest BCUT2D eigenvalue weighted by Crippen LogP contribution is -2.46. The predicted octanol–water partition coefficient (Wildman–Crippen LogP) is 2.42. The predicted molar refractivity (Wildman–Crippen MR) is 91.8 cm³/mol. The lowest BCUT2D eigenvalue weighted by molar-refractivity contribution is 0.0698. The van der Waals surface area contributed by atoms with Gasteiger partial charge < -0.3 is 10.2 Å². The fraction of sp³-hybridized carbons (Fsp3) is 0.316. The molecule has 1 aliphatic rings. The van der Waals surface area contributed by atoms with Gasteiger partial charge in [-0.05, 0) is 44.0 Å². The number of likely N-dealkylation sites (tertiary alicyclic amines) is 1. The van der Waals surface area contributed by atoms with Crippen molar-refractivity contribution in [3.8, 4) is 0 Å². The Morgan fingerprint density at radius 3 is 2.25 bits per heavy atom. The second kappa shape index (κ2) is 7.25. The SMILES string of the molecule is Cc1ccc(C(=O)N2CCC(NC(=O)c3ccncc3)CC2)cc1. The Morgan fingerprint density at radius 1 is 1.00 bits per heavy atom. The molecule has 0 radical (unpaired) electrons. The van der Waals surface area contributed by atoms with E-state index < -0.39 is 0 Å². The van der Waals surface area contributed by atoms with Crippen LogP contribution in [-0.2, 0) is 0 Å². The van der Waals surface area contributed by atoms with Crippen LogP contribution in [0.5, 0.6) is 0 Å². The minimum Gasteiger partial charge on any atom is -0.349 e. The summed E-state index contributed by atoms with van der Waals surface area (Å²) in [6, 6.07) is 11.2. The molecule has 1 saturated heterocycles. The van der Waals surface area contributed by atoms with Gasteiger partial charge in [0.1, 0.15) is 0 Å². The molecule has 2 heterocycles. The first-order valence-electron chi connectivity index (χ1n) is 8.20. The van der Waals surface area contributed by atoms with Crippen LogP contribution in [0.3, 0.4) is 0 Å². The number of nitrogens with one attached hydrogen (secondary N) is 1. The first-order chi connectivity index (χ1) is 11.6. The summed E-state index contributed by atoms with van der Waals surface area (Å²) in [6.07, 6.45) is 4.76. The molecule has 2 aromatic rings. The van der Waals surface area contributed by atoms with Crippen LogP contribution >= 0.6 is 0 Å². The van der Waals surface area contributed by atoms with Crippen LogP contribution in [0.15, 0.2) is 48.8 Å². The Kier molecular flexibility index (Phi) is 4.89. The van der Waals surface area contributed by atoms with Crippen molar-refractivity contribution in [2.24, 2.45) is 0 Å². The fourth-order valence-corrected chi connectivity index (χ4v) is 2.88. The molecule has 0 unspecified atom stereocenters. The quantitative estimate of drug-likeness (QED) is 0.943. The number of carbonyl (C=O) groups is 2. The highest BCUT2D eigenvalue weighted by Gasteiger charge is 2.24. The van der Waals surface area contributed by atoms with E-state index in [9.17, 15) is 9.59 Å². The topological polar surface area (TPSA) is 62.3 Å². The molecule has 124 valence electrons. The van der Waals surface area contributed by atoms with E-state index in [1.165, 1.54) is 0 Å². The lowest BCUT2D eigenvalue weighted by Gasteiger charge is -2.32. The Labute approximate surface area is 141 Å². The van der Waals surface area contributed by atoms with Gasteiger partial charge in [-0.25, -0.2) is 0 Å². The number of aryl methyl sites for hydroxylation is 1. The van der Waals surface area contributed by atoms with E-state index in [1.807, 2.05) is 36.1 Å². The van der Waals surface area contributed by atoms with Gasteiger partial charge in [0.05, 0.1) is 0 Å². The zero-order valence-electron chi connectivity index (χ0n) is 13.7. The van der Waals surface area contributed by atoms with Gasteiger partial charge in [0.2, 0.25) is 0 Å². The van der Waals surface area contributed by atoms with E-state index in [0.717, 1.165) is 24.0 Å². The lowest BCUT2D eigenvalue weighted by atomic mass is 10.0. The van der Waals surface area contributed by atoms with Crippen LogP contribution < -0.4 is 5.32 Å². The Hall–Kier alpha value is -2.69. The third-order valence-corrected chi connectivity index (χ3v) is 4.36. The zero-order valence-corrected chi connectivity index (χ0v) is 13.7. The van der Waals surface area contributed by atoms with Crippen molar-refractivity contribution in [3.63, 3.8) is 0 Å². The minimum atomic E-state index is -0.0827. The standard InChI is InChI=1S/C19H21N3O2/c1-14-2-4-16(5-3-14)19(24)22-12-8-17(9-13-22)21-18(23)15-6-10-20-11-7-15/h2-7,10-11,17H,8-9,12-13H2,1H3,(H,21,23). The average molecular weight is 323 g/mol. The van der Waals surface area contributed by atoms with Gasteiger partial charge in [-0.1, -0.05) is 17.7 Å². The molecule has 1 aromatic carbocycles. The number of aromatic nitrogens is 1. The molecule has 1 aromatic heterocycles. The number of rotatable bonds is 3. The van der Waals surface area contributed by atoms with Crippen LogP contribution in [0.4, 0.5) is 0 Å². The second-order valence-electron chi connectivity index (χ2n) is 6.14. The Bertz CT molecular complexity index is 705. The van der Waals surface area contributed by atoms with Gasteiger partial charge in [-0.2, -0.15) is 0 Å². The van der Waals surface area contributed by atoms with E-state index in [1.54, 1.807) is 24.5 Å². The van der Waals surface area contributed by atoms with Gasteiger partial charge in [0, 0.05) is 42.7 Å². The monoisotopic (exact) mass is 323 g/mol. The second-order valence-corrected chi connectivity index (χ2v) is 6.14. The van der Waals surface area contributed by atoms with E-state index >= 15 is 0 Å². The smallest absolute Gasteiger partial charge is 0.253 e. The van der Waals surface area contributed by atoms with Gasteiger partial charge in [-0.3, -0.25) is 14.6 Å². The maximum atomic E-state index is 12.5. The van der Waals surface area contributed by atoms with Crippen molar-refractivity contribution in [3.05, 3.63) is 65.5 Å². The number of benzene rings is 1. The molecule has 3 rings (SSSR count). The molecule has 1 N–H and O–H groups in total. The molecule has 0 spiro atoms. The van der Waals surface area contributed by atoms with Gasteiger partial charge >= 0.3 is 0 Å². The number of amides is 2. The molecule has 5 heteroatoms. The molecule has 1 fully saturated rings. The van der Waals surface area contributed by atoms with Crippen LogP contribution in [0, 0.1) is 6.92 Å². The van der Waals surface area contributed by atoms with Crippen molar-refractivity contribution < 1.29 is 9.59 Å².